The number of aliphatic hydroxyl groups excluding tert-OH is 1. The highest BCUT2D eigenvalue weighted by Gasteiger charge is 2.32. The second-order valence-electron chi connectivity index (χ2n) is 13.6. The van der Waals surface area contributed by atoms with Gasteiger partial charge in [-0.2, -0.15) is 0 Å². The molecule has 0 saturated carbocycles. The van der Waals surface area contributed by atoms with Crippen molar-refractivity contribution in [3.8, 4) is 22.3 Å². The maximum atomic E-state index is 14.6. The normalized spacial score (nSPS) is 12.7. The summed E-state index contributed by atoms with van der Waals surface area (Å²) in [6.45, 7) is 19.6. The molecule has 0 aliphatic carbocycles. The number of methoxy groups -OCH3 is 3. The first-order chi connectivity index (χ1) is 23.6. The molecule has 50 heavy (non-hydrogen) atoms. The molecule has 0 fully saturated rings. The Morgan fingerprint density at radius 2 is 1.14 bits per heavy atom. The van der Waals surface area contributed by atoms with Crippen molar-refractivity contribution in [3.05, 3.63) is 143 Å². The van der Waals surface area contributed by atoms with E-state index in [1.807, 2.05) is 71.9 Å². The Hall–Kier alpha value is -4.43. The zero-order valence-electron chi connectivity index (χ0n) is 30.7. The fourth-order valence-corrected chi connectivity index (χ4v) is 6.01. The Kier molecular flexibility index (Phi) is 13.6. The number of hydrogen-bond donors (Lipinski definition) is 1. The quantitative estimate of drug-likeness (QED) is 0.119. The van der Waals surface area contributed by atoms with E-state index >= 15 is 0 Å². The number of aliphatic hydroxyl groups is 1. The van der Waals surface area contributed by atoms with Gasteiger partial charge >= 0.3 is 5.97 Å². The van der Waals surface area contributed by atoms with Crippen LogP contribution in [0, 0.1) is 36.3 Å². The van der Waals surface area contributed by atoms with Crippen molar-refractivity contribution in [3.63, 3.8) is 0 Å². The minimum atomic E-state index is -0.450. The van der Waals surface area contributed by atoms with Gasteiger partial charge in [-0.1, -0.05) is 87.4 Å². The van der Waals surface area contributed by atoms with E-state index in [1.165, 1.54) is 19.2 Å². The Labute approximate surface area is 296 Å². The average Bonchev–Trinajstić information content (AvgIpc) is 3.10. The number of aryl methyl sites for hydroxylation is 2. The van der Waals surface area contributed by atoms with Crippen LogP contribution in [-0.2, 0) is 20.8 Å². The first-order valence-corrected chi connectivity index (χ1v) is 16.4. The fourth-order valence-electron chi connectivity index (χ4n) is 6.01. The molecular formula is C43H50F2O5. The van der Waals surface area contributed by atoms with Gasteiger partial charge in [0.15, 0.2) is 0 Å². The van der Waals surface area contributed by atoms with Gasteiger partial charge in [-0.05, 0) is 78.1 Å². The maximum Gasteiger partial charge on any atom is 0.337 e. The Morgan fingerprint density at radius 1 is 0.700 bits per heavy atom. The van der Waals surface area contributed by atoms with Crippen LogP contribution >= 0.6 is 0 Å². The molecule has 0 amide bonds. The number of ether oxygens (including phenoxy) is 3. The van der Waals surface area contributed by atoms with E-state index in [0.29, 0.717) is 27.8 Å². The summed E-state index contributed by atoms with van der Waals surface area (Å²) in [4.78, 5) is 12.0. The van der Waals surface area contributed by atoms with Crippen LogP contribution in [0.4, 0.5) is 8.78 Å². The van der Waals surface area contributed by atoms with Crippen molar-refractivity contribution in [2.24, 2.45) is 10.8 Å². The SMILES string of the molecule is C=CC(C)(C)C(OC)c1cc(C(=O)OC)ccc1-c1cc(C)ccc1F.C=CC(C)(C)C(OC)c1cc(CO)ccc1-c1cc(C)ccc1F. The summed E-state index contributed by atoms with van der Waals surface area (Å²) >= 11 is 0. The van der Waals surface area contributed by atoms with Crippen LogP contribution in [0.3, 0.4) is 0 Å². The van der Waals surface area contributed by atoms with Gasteiger partial charge in [0.05, 0.1) is 31.5 Å². The second-order valence-corrected chi connectivity index (χ2v) is 13.6. The molecular weight excluding hydrogens is 634 g/mol. The molecule has 1 N–H and O–H groups in total. The predicted octanol–water partition coefficient (Wildman–Crippen LogP) is 10.7. The largest absolute Gasteiger partial charge is 0.465 e. The lowest BCUT2D eigenvalue weighted by molar-refractivity contribution is 0.0305. The molecule has 0 spiro atoms. The van der Waals surface area contributed by atoms with Gasteiger partial charge in [0, 0.05) is 36.2 Å². The number of rotatable bonds is 12. The molecule has 2 unspecified atom stereocenters. The zero-order chi connectivity index (χ0) is 37.4. The monoisotopic (exact) mass is 684 g/mol. The van der Waals surface area contributed by atoms with Gasteiger partial charge < -0.3 is 19.3 Å². The van der Waals surface area contributed by atoms with Gasteiger partial charge in [0.2, 0.25) is 0 Å². The number of carbonyl (C=O) groups is 1. The second kappa shape index (κ2) is 17.0. The van der Waals surface area contributed by atoms with Crippen molar-refractivity contribution in [1.29, 1.82) is 0 Å². The van der Waals surface area contributed by atoms with E-state index < -0.39 is 17.5 Å². The predicted molar refractivity (Wildman–Crippen MR) is 198 cm³/mol. The minimum absolute atomic E-state index is 0.0749. The van der Waals surface area contributed by atoms with Crippen molar-refractivity contribution in [2.45, 2.75) is 60.4 Å². The van der Waals surface area contributed by atoms with Crippen LogP contribution in [0.2, 0.25) is 0 Å². The van der Waals surface area contributed by atoms with Gasteiger partial charge in [0.25, 0.3) is 0 Å². The molecule has 4 rings (SSSR count). The fraction of sp³-hybridized carbons (Fsp3) is 0.326. The smallest absolute Gasteiger partial charge is 0.337 e. The van der Waals surface area contributed by atoms with Crippen LogP contribution in [0.5, 0.6) is 0 Å². The van der Waals surface area contributed by atoms with Crippen molar-refractivity contribution < 1.29 is 32.9 Å². The number of benzene rings is 4. The van der Waals surface area contributed by atoms with E-state index in [1.54, 1.807) is 56.7 Å². The highest BCUT2D eigenvalue weighted by atomic mass is 19.1. The first-order valence-electron chi connectivity index (χ1n) is 16.4. The van der Waals surface area contributed by atoms with Crippen LogP contribution in [0.1, 0.15) is 78.1 Å². The molecule has 266 valence electrons. The minimum Gasteiger partial charge on any atom is -0.465 e. The summed E-state index contributed by atoms with van der Waals surface area (Å²) in [5.74, 6) is -1.05. The molecule has 4 aromatic carbocycles. The van der Waals surface area contributed by atoms with Gasteiger partial charge in [-0.15, -0.1) is 13.2 Å². The zero-order valence-corrected chi connectivity index (χ0v) is 30.7. The summed E-state index contributed by atoms with van der Waals surface area (Å²) in [6.07, 6.45) is 2.90. The number of carbonyl (C=O) groups excluding carboxylic acids is 1. The van der Waals surface area contributed by atoms with Gasteiger partial charge in [-0.3, -0.25) is 0 Å². The lowest BCUT2D eigenvalue weighted by atomic mass is 9.79. The lowest BCUT2D eigenvalue weighted by Gasteiger charge is -2.32. The average molecular weight is 685 g/mol. The summed E-state index contributed by atoms with van der Waals surface area (Å²) in [6, 6.07) is 20.7. The summed E-state index contributed by atoms with van der Waals surface area (Å²) < 4.78 is 45.3. The third kappa shape index (κ3) is 9.02. The van der Waals surface area contributed by atoms with E-state index in [9.17, 15) is 18.7 Å². The topological polar surface area (TPSA) is 65.0 Å². The van der Waals surface area contributed by atoms with Crippen LogP contribution in [0.25, 0.3) is 22.3 Å². The molecule has 0 heterocycles. The Morgan fingerprint density at radius 3 is 1.54 bits per heavy atom. The van der Waals surface area contributed by atoms with Crippen molar-refractivity contribution in [2.75, 3.05) is 21.3 Å². The summed E-state index contributed by atoms with van der Waals surface area (Å²) in [7, 11) is 4.56. The molecule has 7 heteroatoms. The Bertz CT molecular complexity index is 1820. The Balaban J connectivity index is 0.000000271. The highest BCUT2D eigenvalue weighted by Crippen LogP contribution is 2.44. The third-order valence-electron chi connectivity index (χ3n) is 9.04. The number of halogens is 2. The van der Waals surface area contributed by atoms with Gasteiger partial charge in [0.1, 0.15) is 11.6 Å². The van der Waals surface area contributed by atoms with Crippen LogP contribution in [0.15, 0.2) is 98.1 Å². The molecule has 0 aliphatic rings. The molecule has 0 aliphatic heterocycles. The van der Waals surface area contributed by atoms with E-state index in [0.717, 1.165) is 27.8 Å². The third-order valence-corrected chi connectivity index (χ3v) is 9.04. The molecule has 0 bridgehead atoms. The van der Waals surface area contributed by atoms with E-state index in [2.05, 4.69) is 13.2 Å². The molecule has 0 saturated heterocycles. The number of hydrogen-bond acceptors (Lipinski definition) is 5. The lowest BCUT2D eigenvalue weighted by Crippen LogP contribution is -2.22. The standard InChI is InChI=1S/C22H25FO3.C21H25FO2/c1-7-22(3,4)20(25-5)18-13-15(21(24)26-6)9-10-16(18)17-12-14(2)8-11-19(17)23;1-6-21(3,4)20(24-5)18-12-15(13-23)8-9-16(18)17-11-14(2)7-10-19(17)22/h7-13,20H,1H2,2-6H3;6-12,20,23H,1,13H2,2-5H3. The molecule has 2 atom stereocenters. The van der Waals surface area contributed by atoms with Gasteiger partial charge in [-0.25, -0.2) is 13.6 Å². The molecule has 4 aromatic rings. The van der Waals surface area contributed by atoms with E-state index in [-0.39, 0.29) is 29.8 Å². The van der Waals surface area contributed by atoms with Crippen molar-refractivity contribution >= 4 is 5.97 Å². The first kappa shape index (κ1) is 40.0. The van der Waals surface area contributed by atoms with Crippen LogP contribution in [-0.4, -0.2) is 32.4 Å². The van der Waals surface area contributed by atoms with E-state index in [4.69, 9.17) is 14.2 Å². The number of esters is 1. The maximum absolute atomic E-state index is 14.6. The molecule has 5 nitrogen and oxygen atoms in total. The summed E-state index contributed by atoms with van der Waals surface area (Å²) in [5.41, 5.74) is 6.33. The summed E-state index contributed by atoms with van der Waals surface area (Å²) in [5, 5.41) is 9.50. The molecule has 0 aromatic heterocycles. The highest BCUT2D eigenvalue weighted by molar-refractivity contribution is 5.90. The van der Waals surface area contributed by atoms with Crippen molar-refractivity contribution in [1.82, 2.24) is 0 Å². The molecule has 0 radical (unpaired) electrons. The van der Waals surface area contributed by atoms with Crippen LogP contribution < -0.4 is 0 Å².